The lowest BCUT2D eigenvalue weighted by Crippen LogP contribution is -2.49. The molecule has 0 spiro atoms. The Bertz CT molecular complexity index is 455. The van der Waals surface area contributed by atoms with Crippen LogP contribution in [0.1, 0.15) is 38.3 Å². The molecule has 1 aromatic carbocycles. The van der Waals surface area contributed by atoms with E-state index in [2.05, 4.69) is 25.7 Å². The summed E-state index contributed by atoms with van der Waals surface area (Å²) < 4.78 is 0. The van der Waals surface area contributed by atoms with Crippen LogP contribution in [0.3, 0.4) is 0 Å². The van der Waals surface area contributed by atoms with Gasteiger partial charge in [0.2, 0.25) is 5.91 Å². The maximum Gasteiger partial charge on any atom is 0.227 e. The summed E-state index contributed by atoms with van der Waals surface area (Å²) in [6, 6.07) is 8.39. The van der Waals surface area contributed by atoms with Gasteiger partial charge in [0, 0.05) is 19.1 Å². The summed E-state index contributed by atoms with van der Waals surface area (Å²) in [5, 5.41) is 0. The van der Waals surface area contributed by atoms with Gasteiger partial charge >= 0.3 is 0 Å². The van der Waals surface area contributed by atoms with Gasteiger partial charge < -0.3 is 10.6 Å². The van der Waals surface area contributed by atoms with Crippen molar-refractivity contribution < 1.29 is 4.79 Å². The summed E-state index contributed by atoms with van der Waals surface area (Å²) >= 11 is 0. The lowest BCUT2D eigenvalue weighted by molar-refractivity contribution is -0.136. The van der Waals surface area contributed by atoms with Crippen molar-refractivity contribution in [3.8, 4) is 0 Å². The lowest BCUT2D eigenvalue weighted by atomic mass is 9.85. The van der Waals surface area contributed by atoms with E-state index in [0.29, 0.717) is 30.8 Å². The molecule has 1 heterocycles. The first-order valence-electron chi connectivity index (χ1n) is 7.58. The minimum absolute atomic E-state index is 0.247. The van der Waals surface area contributed by atoms with E-state index in [0.717, 1.165) is 17.7 Å². The van der Waals surface area contributed by atoms with Crippen LogP contribution >= 0.6 is 0 Å². The number of carbonyl (C=O) groups excluding carboxylic acids is 1. The number of piperidine rings is 1. The van der Waals surface area contributed by atoms with Crippen LogP contribution in [0.2, 0.25) is 0 Å². The Hall–Kier alpha value is -1.35. The Kier molecular flexibility index (Phi) is 4.81. The van der Waals surface area contributed by atoms with Crippen LogP contribution in [0, 0.1) is 11.8 Å². The summed E-state index contributed by atoms with van der Waals surface area (Å²) in [5.74, 6) is 1.43. The monoisotopic (exact) mass is 274 g/mol. The third-order valence-electron chi connectivity index (χ3n) is 4.53. The molecule has 1 aliphatic rings. The number of rotatable bonds is 3. The van der Waals surface area contributed by atoms with E-state index < -0.39 is 0 Å². The topological polar surface area (TPSA) is 46.3 Å². The highest BCUT2D eigenvalue weighted by Gasteiger charge is 2.31. The molecule has 3 unspecified atom stereocenters. The minimum atomic E-state index is 0.247. The number of hydrogen-bond donors (Lipinski definition) is 1. The van der Waals surface area contributed by atoms with E-state index in [9.17, 15) is 4.79 Å². The van der Waals surface area contributed by atoms with Gasteiger partial charge in [-0.3, -0.25) is 4.79 Å². The molecule has 110 valence electrons. The predicted molar refractivity (Wildman–Crippen MR) is 82.2 cm³/mol. The lowest BCUT2D eigenvalue weighted by Gasteiger charge is -2.41. The molecule has 0 aliphatic carbocycles. The number of carbonyl (C=O) groups is 1. The molecule has 3 heteroatoms. The minimum Gasteiger partial charge on any atom is -0.339 e. The van der Waals surface area contributed by atoms with Gasteiger partial charge in [0.15, 0.2) is 0 Å². The molecule has 0 radical (unpaired) electrons. The van der Waals surface area contributed by atoms with Crippen molar-refractivity contribution in [3.05, 3.63) is 35.4 Å². The molecule has 1 amide bonds. The van der Waals surface area contributed by atoms with Gasteiger partial charge in [-0.2, -0.15) is 0 Å². The molecule has 0 bridgehead atoms. The first kappa shape index (κ1) is 15.0. The molecule has 1 aliphatic heterocycles. The molecular formula is C17H26N2O. The maximum absolute atomic E-state index is 12.5. The second-order valence-corrected chi connectivity index (χ2v) is 6.30. The molecule has 2 rings (SSSR count). The fraction of sp³-hybridized carbons (Fsp3) is 0.588. The number of nitrogens with zero attached hydrogens (tertiary/aromatic N) is 1. The van der Waals surface area contributed by atoms with Crippen LogP contribution in [0.25, 0.3) is 0 Å². The van der Waals surface area contributed by atoms with Crippen LogP contribution in [0.4, 0.5) is 0 Å². The standard InChI is InChI=1S/C17H26N2O/c1-12-8-13(2)14(3)19(11-12)17(20)9-15-4-6-16(10-18)7-5-15/h4-7,12-14H,8-11,18H2,1-3H3. The first-order valence-corrected chi connectivity index (χ1v) is 7.58. The normalized spacial score (nSPS) is 26.6. The van der Waals surface area contributed by atoms with E-state index in [1.165, 1.54) is 6.42 Å². The number of likely N-dealkylation sites (tertiary alicyclic amines) is 1. The van der Waals surface area contributed by atoms with Gasteiger partial charge in [-0.25, -0.2) is 0 Å². The van der Waals surface area contributed by atoms with Gasteiger partial charge in [-0.1, -0.05) is 38.1 Å². The highest BCUT2D eigenvalue weighted by Crippen LogP contribution is 2.27. The summed E-state index contributed by atoms with van der Waals surface area (Å²) in [6.07, 6.45) is 1.71. The number of amides is 1. The van der Waals surface area contributed by atoms with Gasteiger partial charge in [0.25, 0.3) is 0 Å². The molecule has 2 N–H and O–H groups in total. The van der Waals surface area contributed by atoms with Crippen LogP contribution in [-0.2, 0) is 17.8 Å². The summed E-state index contributed by atoms with van der Waals surface area (Å²) in [5.41, 5.74) is 7.77. The van der Waals surface area contributed by atoms with Crippen molar-refractivity contribution in [2.75, 3.05) is 6.54 Å². The smallest absolute Gasteiger partial charge is 0.227 e. The average molecular weight is 274 g/mol. The van der Waals surface area contributed by atoms with E-state index in [4.69, 9.17) is 5.73 Å². The van der Waals surface area contributed by atoms with Crippen molar-refractivity contribution in [3.63, 3.8) is 0 Å². The van der Waals surface area contributed by atoms with E-state index in [1.54, 1.807) is 0 Å². The molecule has 1 fully saturated rings. The van der Waals surface area contributed by atoms with Crippen molar-refractivity contribution in [1.82, 2.24) is 4.90 Å². The van der Waals surface area contributed by atoms with Crippen LogP contribution in [-0.4, -0.2) is 23.4 Å². The van der Waals surface area contributed by atoms with E-state index in [1.807, 2.05) is 24.3 Å². The first-order chi connectivity index (χ1) is 9.51. The molecule has 0 saturated carbocycles. The highest BCUT2D eigenvalue weighted by atomic mass is 16.2. The van der Waals surface area contributed by atoms with Crippen molar-refractivity contribution in [2.24, 2.45) is 17.6 Å². The van der Waals surface area contributed by atoms with Crippen LogP contribution in [0.15, 0.2) is 24.3 Å². The van der Waals surface area contributed by atoms with E-state index >= 15 is 0 Å². The quantitative estimate of drug-likeness (QED) is 0.921. The Morgan fingerprint density at radius 2 is 1.80 bits per heavy atom. The molecule has 1 saturated heterocycles. The predicted octanol–water partition coefficient (Wildman–Crippen LogP) is 2.58. The zero-order valence-electron chi connectivity index (χ0n) is 12.8. The third-order valence-corrected chi connectivity index (χ3v) is 4.53. The number of benzene rings is 1. The molecule has 0 aromatic heterocycles. The summed E-state index contributed by atoms with van der Waals surface area (Å²) in [7, 11) is 0. The highest BCUT2D eigenvalue weighted by molar-refractivity contribution is 5.79. The molecule has 1 aromatic rings. The Balaban J connectivity index is 2.02. The van der Waals surface area contributed by atoms with Gasteiger partial charge in [-0.05, 0) is 36.3 Å². The maximum atomic E-state index is 12.5. The Labute approximate surface area is 122 Å². The Morgan fingerprint density at radius 3 is 2.40 bits per heavy atom. The fourth-order valence-electron chi connectivity index (χ4n) is 3.11. The molecule has 3 atom stereocenters. The average Bonchev–Trinajstić information content (AvgIpc) is 2.43. The summed E-state index contributed by atoms with van der Waals surface area (Å²) in [4.78, 5) is 14.6. The van der Waals surface area contributed by atoms with Gasteiger partial charge in [0.1, 0.15) is 0 Å². The van der Waals surface area contributed by atoms with Crippen molar-refractivity contribution in [2.45, 2.75) is 46.2 Å². The van der Waals surface area contributed by atoms with Crippen molar-refractivity contribution in [1.29, 1.82) is 0 Å². The zero-order chi connectivity index (χ0) is 14.7. The molecular weight excluding hydrogens is 248 g/mol. The number of nitrogens with two attached hydrogens (primary N) is 1. The van der Waals surface area contributed by atoms with Gasteiger partial charge in [-0.15, -0.1) is 0 Å². The molecule has 20 heavy (non-hydrogen) atoms. The molecule has 3 nitrogen and oxygen atoms in total. The second kappa shape index (κ2) is 6.40. The van der Waals surface area contributed by atoms with Crippen LogP contribution in [0.5, 0.6) is 0 Å². The largest absolute Gasteiger partial charge is 0.339 e. The summed E-state index contributed by atoms with van der Waals surface area (Å²) in [6.45, 7) is 8.10. The van der Waals surface area contributed by atoms with Crippen LogP contribution < -0.4 is 5.73 Å². The third kappa shape index (κ3) is 3.40. The number of hydrogen-bond acceptors (Lipinski definition) is 2. The van der Waals surface area contributed by atoms with Crippen molar-refractivity contribution >= 4 is 5.91 Å². The van der Waals surface area contributed by atoms with Gasteiger partial charge in [0.05, 0.1) is 6.42 Å². The van der Waals surface area contributed by atoms with E-state index in [-0.39, 0.29) is 5.91 Å². The zero-order valence-corrected chi connectivity index (χ0v) is 12.8. The fourth-order valence-corrected chi connectivity index (χ4v) is 3.11. The Morgan fingerprint density at radius 1 is 1.20 bits per heavy atom. The second-order valence-electron chi connectivity index (χ2n) is 6.30. The SMILES string of the molecule is CC1CC(C)C(C)N(C(=O)Cc2ccc(CN)cc2)C1.